The molecule has 2 N–H and O–H groups in total. The summed E-state index contributed by atoms with van der Waals surface area (Å²) < 4.78 is 17.1. The van der Waals surface area contributed by atoms with E-state index in [9.17, 15) is 14.3 Å². The molecular weight excluding hydrogens is 268 g/mol. The maximum atomic E-state index is 12.0. The fourth-order valence-corrected chi connectivity index (χ4v) is 3.14. The minimum Gasteiger partial charge on any atom is -0.496 e. The van der Waals surface area contributed by atoms with Crippen LogP contribution in [0.15, 0.2) is 18.2 Å². The molecule has 1 aromatic rings. The zero-order valence-electron chi connectivity index (χ0n) is 11.2. The molecule has 0 fully saturated rings. The van der Waals surface area contributed by atoms with Crippen molar-refractivity contribution in [2.75, 3.05) is 12.9 Å². The average Bonchev–Trinajstić information content (AvgIpc) is 2.26. The van der Waals surface area contributed by atoms with Crippen molar-refractivity contribution in [1.29, 1.82) is 0 Å². The molecule has 0 aliphatic heterocycles. The highest BCUT2D eigenvalue weighted by Crippen LogP contribution is 2.25. The first-order chi connectivity index (χ1) is 8.73. The van der Waals surface area contributed by atoms with Crippen molar-refractivity contribution in [1.82, 2.24) is 0 Å². The predicted molar refractivity (Wildman–Crippen MR) is 74.6 cm³/mol. The molecule has 0 heterocycles. The molecule has 0 aromatic heterocycles. The molecule has 1 atom stereocenters. The monoisotopic (exact) mass is 286 g/mol. The lowest BCUT2D eigenvalue weighted by Gasteiger charge is -2.18. The Bertz CT molecular complexity index is 497. The van der Waals surface area contributed by atoms with Gasteiger partial charge in [-0.1, -0.05) is 0 Å². The first-order valence-corrected chi connectivity index (χ1v) is 7.17. The molecule has 6 nitrogen and oxygen atoms in total. The second kappa shape index (κ2) is 6.12. The summed E-state index contributed by atoms with van der Waals surface area (Å²) in [6, 6.07) is 4.26. The number of rotatable bonds is 6. The molecule has 0 radical (unpaired) electrons. The van der Waals surface area contributed by atoms with Crippen molar-refractivity contribution < 1.29 is 13.9 Å². The maximum Gasteiger partial charge on any atom is 0.270 e. The largest absolute Gasteiger partial charge is 0.496 e. The Balaban J connectivity index is 2.95. The number of hydrogen-bond donors (Lipinski definition) is 1. The highest BCUT2D eigenvalue weighted by atomic mass is 32.2. The van der Waals surface area contributed by atoms with Gasteiger partial charge in [-0.3, -0.25) is 14.3 Å². The van der Waals surface area contributed by atoms with E-state index in [1.807, 2.05) is 0 Å². The zero-order valence-corrected chi connectivity index (χ0v) is 12.0. The molecule has 19 heavy (non-hydrogen) atoms. The maximum absolute atomic E-state index is 12.0. The highest BCUT2D eigenvalue weighted by Gasteiger charge is 2.18. The van der Waals surface area contributed by atoms with Gasteiger partial charge in [0.1, 0.15) is 5.75 Å². The zero-order chi connectivity index (χ0) is 14.6. The normalized spacial score (nSPS) is 13.1. The first-order valence-electron chi connectivity index (χ1n) is 5.68. The number of nitrogens with two attached hydrogens (primary N) is 1. The van der Waals surface area contributed by atoms with Crippen LogP contribution < -0.4 is 10.5 Å². The van der Waals surface area contributed by atoms with Gasteiger partial charge in [-0.15, -0.1) is 0 Å². The number of non-ortho nitro benzene ring substituents is 1. The van der Waals surface area contributed by atoms with Gasteiger partial charge in [0.15, 0.2) is 0 Å². The van der Waals surface area contributed by atoms with Gasteiger partial charge in [0.2, 0.25) is 0 Å². The number of benzene rings is 1. The summed E-state index contributed by atoms with van der Waals surface area (Å²) in [5, 5.41) is 10.7. The van der Waals surface area contributed by atoms with Crippen LogP contribution in [0.2, 0.25) is 0 Å². The van der Waals surface area contributed by atoms with Crippen molar-refractivity contribution in [3.63, 3.8) is 0 Å². The molecule has 1 aromatic carbocycles. The molecule has 0 saturated carbocycles. The molecular formula is C12H18N2O4S. The summed E-state index contributed by atoms with van der Waals surface area (Å²) in [5.74, 6) is 0.999. The number of nitro groups is 1. The Morgan fingerprint density at radius 3 is 2.58 bits per heavy atom. The summed E-state index contributed by atoms with van der Waals surface area (Å²) in [5.41, 5.74) is 5.78. The fraction of sp³-hybridized carbons (Fsp3) is 0.500. The Hall–Kier alpha value is -1.47. The molecule has 1 unspecified atom stereocenters. The van der Waals surface area contributed by atoms with E-state index in [0.29, 0.717) is 17.1 Å². The smallest absolute Gasteiger partial charge is 0.270 e. The summed E-state index contributed by atoms with van der Waals surface area (Å²) in [6.45, 7) is 3.57. The third-order valence-corrected chi connectivity index (χ3v) is 4.02. The Morgan fingerprint density at radius 1 is 1.47 bits per heavy atom. The quantitative estimate of drug-likeness (QED) is 0.633. The lowest BCUT2D eigenvalue weighted by atomic mass is 10.1. The van der Waals surface area contributed by atoms with Crippen LogP contribution in [0.3, 0.4) is 0 Å². The van der Waals surface area contributed by atoms with E-state index >= 15 is 0 Å². The minimum absolute atomic E-state index is 0.0418. The van der Waals surface area contributed by atoms with Crippen molar-refractivity contribution in [3.05, 3.63) is 33.9 Å². The summed E-state index contributed by atoms with van der Waals surface area (Å²) in [4.78, 5) is 10.2. The molecule has 106 valence electrons. The molecule has 0 aliphatic rings. The molecule has 0 amide bonds. The van der Waals surface area contributed by atoms with Crippen molar-refractivity contribution in [3.8, 4) is 5.75 Å². The van der Waals surface area contributed by atoms with E-state index in [1.165, 1.54) is 25.3 Å². The van der Waals surface area contributed by atoms with Gasteiger partial charge in [-0.25, -0.2) is 0 Å². The van der Waals surface area contributed by atoms with Crippen LogP contribution in [0.25, 0.3) is 0 Å². The van der Waals surface area contributed by atoms with E-state index < -0.39 is 21.3 Å². The standard InChI is InChI=1S/C12H18N2O4S/c1-12(2,13)8-19(17)7-9-6-10(14(15)16)4-5-11(9)18-3/h4-6H,7-8,13H2,1-3H3. The van der Waals surface area contributed by atoms with Crippen LogP contribution in [0.4, 0.5) is 5.69 Å². The molecule has 7 heteroatoms. The summed E-state index contributed by atoms with van der Waals surface area (Å²) in [7, 11) is 0.271. The van der Waals surface area contributed by atoms with E-state index in [1.54, 1.807) is 13.8 Å². The molecule has 1 rings (SSSR count). The van der Waals surface area contributed by atoms with E-state index in [4.69, 9.17) is 10.5 Å². The van der Waals surface area contributed by atoms with Crippen molar-refractivity contribution in [2.45, 2.75) is 25.1 Å². The lowest BCUT2D eigenvalue weighted by molar-refractivity contribution is -0.384. The fourth-order valence-electron chi connectivity index (χ4n) is 1.63. The van der Waals surface area contributed by atoms with E-state index in [-0.39, 0.29) is 11.4 Å². The van der Waals surface area contributed by atoms with Crippen LogP contribution in [0.1, 0.15) is 19.4 Å². The third kappa shape index (κ3) is 4.96. The Labute approximate surface area is 114 Å². The third-order valence-electron chi connectivity index (χ3n) is 2.32. The van der Waals surface area contributed by atoms with Gasteiger partial charge in [0.25, 0.3) is 5.69 Å². The van der Waals surface area contributed by atoms with Crippen LogP contribution in [-0.4, -0.2) is 27.5 Å². The van der Waals surface area contributed by atoms with E-state index in [0.717, 1.165) is 0 Å². The van der Waals surface area contributed by atoms with Crippen LogP contribution in [0, 0.1) is 10.1 Å². The SMILES string of the molecule is COc1ccc([N+](=O)[O-])cc1CS(=O)CC(C)(C)N. The number of nitrogens with zero attached hydrogens (tertiary/aromatic N) is 1. The van der Waals surface area contributed by atoms with E-state index in [2.05, 4.69) is 0 Å². The summed E-state index contributed by atoms with van der Waals surface area (Å²) in [6.07, 6.45) is 0. The van der Waals surface area contributed by atoms with Crippen LogP contribution in [0.5, 0.6) is 5.75 Å². The number of nitro benzene ring substituents is 1. The van der Waals surface area contributed by atoms with Crippen LogP contribution in [-0.2, 0) is 16.6 Å². The van der Waals surface area contributed by atoms with Crippen molar-refractivity contribution in [2.24, 2.45) is 5.73 Å². The first kappa shape index (κ1) is 15.6. The second-order valence-electron chi connectivity index (χ2n) is 4.97. The lowest BCUT2D eigenvalue weighted by Crippen LogP contribution is -2.38. The van der Waals surface area contributed by atoms with Gasteiger partial charge < -0.3 is 10.5 Å². The van der Waals surface area contributed by atoms with Gasteiger partial charge in [-0.05, 0) is 19.9 Å². The molecule has 0 saturated heterocycles. The van der Waals surface area contributed by atoms with Crippen LogP contribution >= 0.6 is 0 Å². The van der Waals surface area contributed by atoms with Gasteiger partial charge in [-0.2, -0.15) is 0 Å². The molecule has 0 bridgehead atoms. The Kier molecular flexibility index (Phi) is 5.02. The number of methoxy groups -OCH3 is 1. The topological polar surface area (TPSA) is 95.5 Å². The molecule has 0 spiro atoms. The Morgan fingerprint density at radius 2 is 2.11 bits per heavy atom. The van der Waals surface area contributed by atoms with Gasteiger partial charge >= 0.3 is 0 Å². The highest BCUT2D eigenvalue weighted by molar-refractivity contribution is 7.84. The number of hydrogen-bond acceptors (Lipinski definition) is 5. The predicted octanol–water partition coefficient (Wildman–Crippen LogP) is 1.59. The molecule has 0 aliphatic carbocycles. The minimum atomic E-state index is -1.20. The number of ether oxygens (including phenoxy) is 1. The van der Waals surface area contributed by atoms with Gasteiger partial charge in [0, 0.05) is 39.8 Å². The van der Waals surface area contributed by atoms with Gasteiger partial charge in [0.05, 0.1) is 17.8 Å². The van der Waals surface area contributed by atoms with Crippen molar-refractivity contribution >= 4 is 16.5 Å². The average molecular weight is 286 g/mol. The summed E-state index contributed by atoms with van der Waals surface area (Å²) >= 11 is 0. The second-order valence-corrected chi connectivity index (χ2v) is 6.43.